The molecule has 1 aromatic heterocycles. The van der Waals surface area contributed by atoms with Crippen LogP contribution in [0.5, 0.6) is 11.5 Å². The van der Waals surface area contributed by atoms with Gasteiger partial charge in [0, 0.05) is 11.5 Å². The van der Waals surface area contributed by atoms with Crippen molar-refractivity contribution in [2.45, 2.75) is 13.8 Å². The third kappa shape index (κ3) is 1.65. The summed E-state index contributed by atoms with van der Waals surface area (Å²) < 4.78 is 10.7. The standard InChI is InChI=1S/C12H12N2O2.ClH/c1-6-7(2)12(13)14-9-4-11-10(3-8(6)9)15-5-16-11;/h3-4H,5H2,1-2H3,(H2,13,14);1H. The molecule has 2 heterocycles. The summed E-state index contributed by atoms with van der Waals surface area (Å²) in [5.41, 5.74) is 8.86. The van der Waals surface area contributed by atoms with Crippen molar-refractivity contribution in [3.63, 3.8) is 0 Å². The minimum atomic E-state index is 0. The molecule has 0 aliphatic carbocycles. The van der Waals surface area contributed by atoms with Crippen LogP contribution >= 0.6 is 12.4 Å². The lowest BCUT2D eigenvalue weighted by Gasteiger charge is -2.08. The number of nitrogens with two attached hydrogens (primary N) is 1. The van der Waals surface area contributed by atoms with Gasteiger partial charge in [-0.2, -0.15) is 0 Å². The predicted octanol–water partition coefficient (Wildman–Crippen LogP) is 2.58. The van der Waals surface area contributed by atoms with Crippen LogP contribution in [-0.4, -0.2) is 11.8 Å². The van der Waals surface area contributed by atoms with Crippen molar-refractivity contribution >= 4 is 29.1 Å². The van der Waals surface area contributed by atoms with E-state index in [1.807, 2.05) is 26.0 Å². The first kappa shape index (κ1) is 11.8. The summed E-state index contributed by atoms with van der Waals surface area (Å²) in [5, 5.41) is 1.07. The highest BCUT2D eigenvalue weighted by Gasteiger charge is 2.16. The molecule has 2 N–H and O–H groups in total. The molecule has 90 valence electrons. The summed E-state index contributed by atoms with van der Waals surface area (Å²) in [7, 11) is 0. The van der Waals surface area contributed by atoms with Gasteiger partial charge in [0.2, 0.25) is 6.79 Å². The molecule has 1 aliphatic rings. The number of rotatable bonds is 0. The summed E-state index contributed by atoms with van der Waals surface area (Å²) in [6.07, 6.45) is 0. The molecule has 17 heavy (non-hydrogen) atoms. The fourth-order valence-corrected chi connectivity index (χ4v) is 1.93. The van der Waals surface area contributed by atoms with E-state index in [4.69, 9.17) is 15.2 Å². The molecule has 4 nitrogen and oxygen atoms in total. The molecule has 0 atom stereocenters. The second kappa shape index (κ2) is 3.96. The maximum absolute atomic E-state index is 5.85. The number of fused-ring (bicyclic) bond motifs is 2. The minimum absolute atomic E-state index is 0. The first-order valence-electron chi connectivity index (χ1n) is 5.13. The SMILES string of the molecule is Cc1c(N)nc2cc3c(cc2c1C)OCO3.Cl. The van der Waals surface area contributed by atoms with Crippen LogP contribution in [0, 0.1) is 13.8 Å². The number of aromatic nitrogens is 1. The Hall–Kier alpha value is -1.68. The second-order valence-corrected chi connectivity index (χ2v) is 3.97. The number of aryl methyl sites for hydroxylation is 1. The van der Waals surface area contributed by atoms with Crippen LogP contribution in [0.15, 0.2) is 12.1 Å². The zero-order valence-electron chi connectivity index (χ0n) is 9.61. The maximum atomic E-state index is 5.85. The fourth-order valence-electron chi connectivity index (χ4n) is 1.93. The quantitative estimate of drug-likeness (QED) is 0.783. The van der Waals surface area contributed by atoms with Gasteiger partial charge in [0.15, 0.2) is 11.5 Å². The van der Waals surface area contributed by atoms with E-state index >= 15 is 0 Å². The summed E-state index contributed by atoms with van der Waals surface area (Å²) in [4.78, 5) is 4.36. The van der Waals surface area contributed by atoms with E-state index in [0.717, 1.165) is 33.5 Å². The Morgan fingerprint density at radius 3 is 2.47 bits per heavy atom. The first-order valence-corrected chi connectivity index (χ1v) is 5.13. The van der Waals surface area contributed by atoms with Crippen molar-refractivity contribution in [1.29, 1.82) is 0 Å². The third-order valence-corrected chi connectivity index (χ3v) is 3.08. The molecular weight excluding hydrogens is 240 g/mol. The number of hydrogen-bond donors (Lipinski definition) is 1. The Balaban J connectivity index is 0.00000108. The molecule has 1 aromatic carbocycles. The van der Waals surface area contributed by atoms with Crippen LogP contribution in [0.4, 0.5) is 5.82 Å². The van der Waals surface area contributed by atoms with Crippen LogP contribution < -0.4 is 15.2 Å². The number of benzene rings is 1. The van der Waals surface area contributed by atoms with E-state index in [1.54, 1.807) is 0 Å². The number of halogens is 1. The topological polar surface area (TPSA) is 57.4 Å². The smallest absolute Gasteiger partial charge is 0.231 e. The van der Waals surface area contributed by atoms with Crippen LogP contribution in [0.3, 0.4) is 0 Å². The molecule has 0 saturated heterocycles. The van der Waals surface area contributed by atoms with Crippen molar-refractivity contribution < 1.29 is 9.47 Å². The average Bonchev–Trinajstić information content (AvgIpc) is 2.71. The van der Waals surface area contributed by atoms with Crippen molar-refractivity contribution in [3.05, 3.63) is 23.3 Å². The Bertz CT molecular complexity index is 599. The molecule has 0 spiro atoms. The number of nitrogen functional groups attached to an aromatic ring is 1. The molecule has 0 fully saturated rings. The molecule has 5 heteroatoms. The largest absolute Gasteiger partial charge is 0.454 e. The summed E-state index contributed by atoms with van der Waals surface area (Å²) >= 11 is 0. The van der Waals surface area contributed by atoms with Gasteiger partial charge < -0.3 is 15.2 Å². The van der Waals surface area contributed by atoms with Gasteiger partial charge in [-0.25, -0.2) is 4.98 Å². The van der Waals surface area contributed by atoms with Crippen molar-refractivity contribution in [2.24, 2.45) is 0 Å². The van der Waals surface area contributed by atoms with Gasteiger partial charge in [-0.05, 0) is 31.0 Å². The highest BCUT2D eigenvalue weighted by Crippen LogP contribution is 2.37. The van der Waals surface area contributed by atoms with Gasteiger partial charge in [-0.3, -0.25) is 0 Å². The Kier molecular flexibility index (Phi) is 2.75. The molecule has 0 radical (unpaired) electrons. The van der Waals surface area contributed by atoms with Gasteiger partial charge in [0.1, 0.15) is 5.82 Å². The zero-order valence-corrected chi connectivity index (χ0v) is 10.4. The predicted molar refractivity (Wildman–Crippen MR) is 69.0 cm³/mol. The van der Waals surface area contributed by atoms with Crippen molar-refractivity contribution in [1.82, 2.24) is 4.98 Å². The van der Waals surface area contributed by atoms with Gasteiger partial charge >= 0.3 is 0 Å². The zero-order chi connectivity index (χ0) is 11.3. The van der Waals surface area contributed by atoms with Gasteiger partial charge in [-0.15, -0.1) is 12.4 Å². The normalized spacial score (nSPS) is 12.6. The monoisotopic (exact) mass is 252 g/mol. The van der Waals surface area contributed by atoms with E-state index in [1.165, 1.54) is 0 Å². The fraction of sp³-hybridized carbons (Fsp3) is 0.250. The molecule has 2 aromatic rings. The molecular formula is C12H13ClN2O2. The minimum Gasteiger partial charge on any atom is -0.454 e. The molecule has 0 amide bonds. The second-order valence-electron chi connectivity index (χ2n) is 3.97. The number of nitrogens with zero attached hydrogens (tertiary/aromatic N) is 1. The van der Waals surface area contributed by atoms with Crippen LogP contribution in [-0.2, 0) is 0 Å². The van der Waals surface area contributed by atoms with E-state index in [9.17, 15) is 0 Å². The summed E-state index contributed by atoms with van der Waals surface area (Å²) in [6.45, 7) is 4.29. The van der Waals surface area contributed by atoms with Crippen LogP contribution in [0.25, 0.3) is 10.9 Å². The van der Waals surface area contributed by atoms with Crippen molar-refractivity contribution in [2.75, 3.05) is 12.5 Å². The van der Waals surface area contributed by atoms with E-state index < -0.39 is 0 Å². The summed E-state index contributed by atoms with van der Waals surface area (Å²) in [6, 6.07) is 3.84. The average molecular weight is 253 g/mol. The lowest BCUT2D eigenvalue weighted by Crippen LogP contribution is -1.97. The maximum Gasteiger partial charge on any atom is 0.231 e. The van der Waals surface area contributed by atoms with E-state index in [0.29, 0.717) is 5.82 Å². The Labute approximate surface area is 105 Å². The molecule has 1 aliphatic heterocycles. The number of ether oxygens (including phenoxy) is 2. The Morgan fingerprint density at radius 1 is 1.12 bits per heavy atom. The molecule has 0 unspecified atom stereocenters. The number of pyridine rings is 1. The van der Waals surface area contributed by atoms with Gasteiger partial charge in [0.05, 0.1) is 5.52 Å². The number of hydrogen-bond acceptors (Lipinski definition) is 4. The molecule has 0 saturated carbocycles. The van der Waals surface area contributed by atoms with Gasteiger partial charge in [0.25, 0.3) is 0 Å². The lowest BCUT2D eigenvalue weighted by atomic mass is 10.0. The van der Waals surface area contributed by atoms with Gasteiger partial charge in [-0.1, -0.05) is 0 Å². The van der Waals surface area contributed by atoms with Crippen molar-refractivity contribution in [3.8, 4) is 11.5 Å². The van der Waals surface area contributed by atoms with Crippen LogP contribution in [0.2, 0.25) is 0 Å². The number of anilines is 1. The molecule has 3 rings (SSSR count). The highest BCUT2D eigenvalue weighted by molar-refractivity contribution is 5.88. The third-order valence-electron chi connectivity index (χ3n) is 3.08. The van der Waals surface area contributed by atoms with E-state index in [-0.39, 0.29) is 19.2 Å². The first-order chi connectivity index (χ1) is 7.66. The lowest BCUT2D eigenvalue weighted by molar-refractivity contribution is 0.174. The van der Waals surface area contributed by atoms with E-state index in [2.05, 4.69) is 4.98 Å². The highest BCUT2D eigenvalue weighted by atomic mass is 35.5. The Morgan fingerprint density at radius 2 is 1.76 bits per heavy atom. The molecule has 0 bridgehead atoms. The summed E-state index contributed by atoms with van der Waals surface area (Å²) in [5.74, 6) is 2.09. The van der Waals surface area contributed by atoms with Crippen LogP contribution in [0.1, 0.15) is 11.1 Å².